The van der Waals surface area contributed by atoms with Gasteiger partial charge in [-0.3, -0.25) is 9.48 Å². The molecule has 0 fully saturated rings. The van der Waals surface area contributed by atoms with Gasteiger partial charge in [0.05, 0.1) is 22.0 Å². The van der Waals surface area contributed by atoms with E-state index in [1.807, 2.05) is 24.3 Å². The third-order valence-corrected chi connectivity index (χ3v) is 5.16. The van der Waals surface area contributed by atoms with E-state index in [9.17, 15) is 4.79 Å². The zero-order chi connectivity index (χ0) is 22.0. The summed E-state index contributed by atoms with van der Waals surface area (Å²) >= 11 is 12.2. The second-order valence-corrected chi connectivity index (χ2v) is 7.74. The fourth-order valence-corrected chi connectivity index (χ4v) is 3.61. The summed E-state index contributed by atoms with van der Waals surface area (Å²) in [5, 5.41) is 12.6. The average Bonchev–Trinajstić information content (AvgIpc) is 3.33. The fraction of sp³-hybridized carbons (Fsp3) is 0.136. The van der Waals surface area contributed by atoms with E-state index in [2.05, 4.69) is 15.5 Å². The summed E-state index contributed by atoms with van der Waals surface area (Å²) in [6.45, 7) is 2.03. The topological polar surface area (TPSA) is 74.0 Å². The van der Waals surface area contributed by atoms with Crippen LogP contribution in [0.25, 0.3) is 5.69 Å². The molecule has 0 atom stereocenters. The van der Waals surface area contributed by atoms with Crippen LogP contribution in [0.1, 0.15) is 21.6 Å². The minimum atomic E-state index is -0.222. The van der Waals surface area contributed by atoms with Crippen LogP contribution in [0.15, 0.2) is 60.9 Å². The molecule has 158 valence electrons. The molecule has 0 saturated heterocycles. The largest absolute Gasteiger partial charge is 0.472 e. The number of amides is 1. The number of carbonyl (C=O) groups is 1. The molecule has 2 heterocycles. The van der Waals surface area contributed by atoms with Gasteiger partial charge >= 0.3 is 0 Å². The van der Waals surface area contributed by atoms with E-state index in [4.69, 9.17) is 27.9 Å². The highest BCUT2D eigenvalue weighted by atomic mass is 35.5. The summed E-state index contributed by atoms with van der Waals surface area (Å²) in [6.07, 6.45) is 3.45. The summed E-state index contributed by atoms with van der Waals surface area (Å²) in [7, 11) is 1.78. The van der Waals surface area contributed by atoms with Crippen LogP contribution in [0.4, 0.5) is 5.69 Å². The van der Waals surface area contributed by atoms with Crippen molar-refractivity contribution in [2.75, 3.05) is 5.32 Å². The van der Waals surface area contributed by atoms with Gasteiger partial charge in [0.2, 0.25) is 5.88 Å². The lowest BCUT2D eigenvalue weighted by Crippen LogP contribution is -2.14. The first-order chi connectivity index (χ1) is 14.9. The molecule has 2 aromatic heterocycles. The summed E-state index contributed by atoms with van der Waals surface area (Å²) in [4.78, 5) is 12.6. The smallest absolute Gasteiger partial charge is 0.259 e. The predicted molar refractivity (Wildman–Crippen MR) is 120 cm³/mol. The Morgan fingerprint density at radius 2 is 1.94 bits per heavy atom. The highest BCUT2D eigenvalue weighted by molar-refractivity contribution is 6.35. The van der Waals surface area contributed by atoms with Crippen LogP contribution in [0.2, 0.25) is 10.0 Å². The number of aromatic nitrogens is 4. The van der Waals surface area contributed by atoms with Crippen LogP contribution in [-0.2, 0) is 13.7 Å². The molecule has 0 bridgehead atoms. The third kappa shape index (κ3) is 4.73. The number of para-hydroxylation sites is 1. The van der Waals surface area contributed by atoms with Gasteiger partial charge in [0.25, 0.3) is 5.91 Å². The molecule has 0 spiro atoms. The van der Waals surface area contributed by atoms with E-state index in [-0.39, 0.29) is 12.5 Å². The van der Waals surface area contributed by atoms with Crippen LogP contribution in [0.3, 0.4) is 0 Å². The number of nitrogens with one attached hydrogen (secondary N) is 1. The van der Waals surface area contributed by atoms with Gasteiger partial charge in [-0.2, -0.15) is 5.10 Å². The number of hydrogen-bond donors (Lipinski definition) is 1. The average molecular weight is 456 g/mol. The zero-order valence-electron chi connectivity index (χ0n) is 16.8. The fourth-order valence-electron chi connectivity index (χ4n) is 3.12. The minimum absolute atomic E-state index is 0.222. The van der Waals surface area contributed by atoms with E-state index in [0.717, 1.165) is 5.56 Å². The molecule has 4 rings (SSSR count). The Morgan fingerprint density at radius 3 is 2.68 bits per heavy atom. The Kier molecular flexibility index (Phi) is 5.97. The molecule has 0 unspecified atom stereocenters. The number of hydrogen-bond acceptors (Lipinski definition) is 4. The van der Waals surface area contributed by atoms with Gasteiger partial charge in [-0.15, -0.1) is 5.10 Å². The molecular weight excluding hydrogens is 437 g/mol. The number of benzene rings is 2. The maximum Gasteiger partial charge on any atom is 0.259 e. The minimum Gasteiger partial charge on any atom is -0.472 e. The van der Waals surface area contributed by atoms with Gasteiger partial charge in [-0.25, -0.2) is 4.68 Å². The van der Waals surface area contributed by atoms with Crippen LogP contribution in [0, 0.1) is 6.92 Å². The lowest BCUT2D eigenvalue weighted by molar-refractivity contribution is 0.102. The van der Waals surface area contributed by atoms with Crippen molar-refractivity contribution < 1.29 is 9.53 Å². The Balaban J connectivity index is 1.47. The van der Waals surface area contributed by atoms with E-state index in [1.165, 1.54) is 0 Å². The van der Waals surface area contributed by atoms with Crippen molar-refractivity contribution in [3.05, 3.63) is 87.8 Å². The van der Waals surface area contributed by atoms with Crippen molar-refractivity contribution in [3.63, 3.8) is 0 Å². The highest BCUT2D eigenvalue weighted by Gasteiger charge is 2.15. The maximum absolute atomic E-state index is 12.6. The van der Waals surface area contributed by atoms with Crippen LogP contribution in [0.5, 0.6) is 5.88 Å². The van der Waals surface area contributed by atoms with Crippen molar-refractivity contribution >= 4 is 34.8 Å². The molecule has 1 amide bonds. The van der Waals surface area contributed by atoms with Gasteiger partial charge in [0.15, 0.2) is 0 Å². The number of halogens is 2. The number of nitrogens with zero attached hydrogens (tertiary/aromatic N) is 4. The van der Waals surface area contributed by atoms with Gasteiger partial charge in [0, 0.05) is 41.8 Å². The summed E-state index contributed by atoms with van der Waals surface area (Å²) in [5.74, 6) is 0.204. The van der Waals surface area contributed by atoms with Crippen molar-refractivity contribution in [2.24, 2.45) is 7.05 Å². The van der Waals surface area contributed by atoms with Crippen LogP contribution in [-0.4, -0.2) is 25.5 Å². The summed E-state index contributed by atoms with van der Waals surface area (Å²) in [5.41, 5.74) is 3.37. The summed E-state index contributed by atoms with van der Waals surface area (Å²) in [6, 6.07) is 14.4. The number of carbonyl (C=O) groups excluding carboxylic acids is 1. The van der Waals surface area contributed by atoms with Gasteiger partial charge < -0.3 is 10.1 Å². The third-order valence-electron chi connectivity index (χ3n) is 4.62. The monoisotopic (exact) mass is 455 g/mol. The Bertz CT molecular complexity index is 1250. The van der Waals surface area contributed by atoms with Crippen molar-refractivity contribution in [1.82, 2.24) is 19.6 Å². The first-order valence-electron chi connectivity index (χ1n) is 9.44. The van der Waals surface area contributed by atoms with E-state index in [1.54, 1.807) is 60.0 Å². The zero-order valence-corrected chi connectivity index (χ0v) is 18.4. The number of aryl methyl sites for hydroxylation is 2. The van der Waals surface area contributed by atoms with Crippen LogP contribution >= 0.6 is 23.2 Å². The quantitative estimate of drug-likeness (QED) is 0.441. The SMILES string of the molecule is Cc1nn(C)cc1C(=O)Nc1ccccc1COc1ccn(-c2ccc(Cl)cc2Cl)n1. The first-order valence-corrected chi connectivity index (χ1v) is 10.2. The van der Waals surface area contributed by atoms with Crippen molar-refractivity contribution in [3.8, 4) is 11.6 Å². The molecule has 2 aromatic carbocycles. The van der Waals surface area contributed by atoms with Crippen molar-refractivity contribution in [1.29, 1.82) is 0 Å². The molecule has 31 heavy (non-hydrogen) atoms. The molecule has 0 radical (unpaired) electrons. The van der Waals surface area contributed by atoms with E-state index >= 15 is 0 Å². The lowest BCUT2D eigenvalue weighted by atomic mass is 10.1. The Morgan fingerprint density at radius 1 is 1.13 bits per heavy atom. The van der Waals surface area contributed by atoms with Crippen LogP contribution < -0.4 is 10.1 Å². The number of rotatable bonds is 6. The molecule has 9 heteroatoms. The first kappa shape index (κ1) is 21.0. The Hall–Kier alpha value is -3.29. The maximum atomic E-state index is 12.6. The highest BCUT2D eigenvalue weighted by Crippen LogP contribution is 2.25. The number of anilines is 1. The second kappa shape index (κ2) is 8.83. The predicted octanol–water partition coefficient (Wildman–Crippen LogP) is 5.05. The van der Waals surface area contributed by atoms with E-state index < -0.39 is 0 Å². The molecule has 0 aliphatic carbocycles. The van der Waals surface area contributed by atoms with Gasteiger partial charge in [-0.1, -0.05) is 41.4 Å². The molecule has 0 saturated carbocycles. The molecule has 4 aromatic rings. The second-order valence-electron chi connectivity index (χ2n) is 6.90. The van der Waals surface area contributed by atoms with Crippen molar-refractivity contribution in [2.45, 2.75) is 13.5 Å². The van der Waals surface area contributed by atoms with E-state index in [0.29, 0.717) is 38.6 Å². The standard InChI is InChI=1S/C22H19Cl2N5O2/c1-14-17(12-28(2)26-14)22(30)25-19-6-4-3-5-15(19)13-31-21-9-10-29(27-21)20-8-7-16(23)11-18(20)24/h3-12H,13H2,1-2H3,(H,25,30). The van der Waals surface area contributed by atoms with Gasteiger partial charge in [-0.05, 0) is 31.2 Å². The van der Waals surface area contributed by atoms with Gasteiger partial charge in [0.1, 0.15) is 6.61 Å². The lowest BCUT2D eigenvalue weighted by Gasteiger charge is -2.11. The Labute approximate surface area is 189 Å². The molecule has 7 nitrogen and oxygen atoms in total. The number of ether oxygens (including phenoxy) is 1. The molecular formula is C22H19Cl2N5O2. The molecule has 0 aliphatic heterocycles. The summed E-state index contributed by atoms with van der Waals surface area (Å²) < 4.78 is 9.08. The molecule has 1 N–H and O–H groups in total. The molecule has 0 aliphatic rings. The normalized spacial score (nSPS) is 10.8.